The lowest BCUT2D eigenvalue weighted by Gasteiger charge is -2.18. The molecular weight excluding hydrogens is 216 g/mol. The molecule has 1 aromatic carbocycles. The first-order chi connectivity index (χ1) is 8.20. The van der Waals surface area contributed by atoms with Gasteiger partial charge in [-0.1, -0.05) is 12.1 Å². The Bertz CT molecular complexity index is 366. The van der Waals surface area contributed by atoms with Crippen LogP contribution in [0.4, 0.5) is 5.69 Å². The molecule has 0 atom stereocenters. The van der Waals surface area contributed by atoms with Crippen molar-refractivity contribution in [3.8, 4) is 0 Å². The van der Waals surface area contributed by atoms with Gasteiger partial charge in [-0.25, -0.2) is 0 Å². The predicted molar refractivity (Wildman–Crippen MR) is 69.4 cm³/mol. The molecule has 0 radical (unpaired) electrons. The molecule has 4 heteroatoms. The highest BCUT2D eigenvalue weighted by Gasteiger charge is 2.14. The second-order valence-electron chi connectivity index (χ2n) is 3.72. The first-order valence-electron chi connectivity index (χ1n) is 5.80. The van der Waals surface area contributed by atoms with Crippen LogP contribution in [0.15, 0.2) is 24.3 Å². The van der Waals surface area contributed by atoms with Crippen LogP contribution in [0.1, 0.15) is 17.3 Å². The third-order valence-corrected chi connectivity index (χ3v) is 2.55. The van der Waals surface area contributed by atoms with Crippen LogP contribution in [0.25, 0.3) is 0 Å². The molecule has 0 aliphatic rings. The highest BCUT2D eigenvalue weighted by molar-refractivity contribution is 5.99. The molecule has 1 amide bonds. The number of likely N-dealkylation sites (N-methyl/N-ethyl adjacent to an activating group) is 1. The van der Waals surface area contributed by atoms with E-state index in [1.807, 2.05) is 38.2 Å². The molecule has 0 spiro atoms. The quantitative estimate of drug-likeness (QED) is 0.766. The summed E-state index contributed by atoms with van der Waals surface area (Å²) >= 11 is 0. The van der Waals surface area contributed by atoms with Crippen molar-refractivity contribution < 1.29 is 9.53 Å². The van der Waals surface area contributed by atoms with Crippen molar-refractivity contribution in [1.82, 2.24) is 4.90 Å². The van der Waals surface area contributed by atoms with Gasteiger partial charge >= 0.3 is 0 Å². The molecule has 0 aliphatic carbocycles. The average molecular weight is 236 g/mol. The van der Waals surface area contributed by atoms with Gasteiger partial charge in [0.05, 0.1) is 12.2 Å². The van der Waals surface area contributed by atoms with Gasteiger partial charge in [0.25, 0.3) is 5.91 Å². The van der Waals surface area contributed by atoms with Crippen molar-refractivity contribution in [2.24, 2.45) is 0 Å². The Morgan fingerprint density at radius 1 is 1.41 bits per heavy atom. The minimum absolute atomic E-state index is 0.00894. The van der Waals surface area contributed by atoms with E-state index in [4.69, 9.17) is 4.74 Å². The van der Waals surface area contributed by atoms with Crippen LogP contribution < -0.4 is 5.32 Å². The largest absolute Gasteiger partial charge is 0.387 e. The Morgan fingerprint density at radius 3 is 2.76 bits per heavy atom. The van der Waals surface area contributed by atoms with Gasteiger partial charge in [0.1, 0.15) is 0 Å². The highest BCUT2D eigenvalue weighted by atomic mass is 16.5. The first kappa shape index (κ1) is 13.5. The smallest absolute Gasteiger partial charge is 0.255 e. The monoisotopic (exact) mass is 236 g/mol. The molecule has 0 unspecified atom stereocenters. The van der Waals surface area contributed by atoms with Crippen LogP contribution in [0, 0.1) is 0 Å². The molecule has 0 bridgehead atoms. The fraction of sp³-hybridized carbons (Fsp3) is 0.462. The van der Waals surface area contributed by atoms with E-state index in [2.05, 4.69) is 5.32 Å². The Kier molecular flexibility index (Phi) is 5.49. The number of para-hydroxylation sites is 1. The molecule has 17 heavy (non-hydrogen) atoms. The van der Waals surface area contributed by atoms with Crippen LogP contribution in [-0.4, -0.2) is 44.7 Å². The Labute approximate surface area is 103 Å². The van der Waals surface area contributed by atoms with E-state index in [0.717, 1.165) is 5.69 Å². The predicted octanol–water partition coefficient (Wildman–Crippen LogP) is 1.84. The molecule has 0 fully saturated rings. The van der Waals surface area contributed by atoms with E-state index in [9.17, 15) is 4.79 Å². The highest BCUT2D eigenvalue weighted by Crippen LogP contribution is 2.15. The zero-order valence-electron chi connectivity index (χ0n) is 10.7. The van der Waals surface area contributed by atoms with E-state index in [0.29, 0.717) is 25.3 Å². The minimum Gasteiger partial charge on any atom is -0.387 e. The maximum Gasteiger partial charge on any atom is 0.255 e. The van der Waals surface area contributed by atoms with E-state index >= 15 is 0 Å². The zero-order chi connectivity index (χ0) is 12.7. The van der Waals surface area contributed by atoms with E-state index in [1.165, 1.54) is 0 Å². The summed E-state index contributed by atoms with van der Waals surface area (Å²) in [6.45, 7) is 3.79. The third-order valence-electron chi connectivity index (χ3n) is 2.55. The number of nitrogens with zero attached hydrogens (tertiary/aromatic N) is 1. The normalized spacial score (nSPS) is 10.1. The van der Waals surface area contributed by atoms with Crippen molar-refractivity contribution in [1.29, 1.82) is 0 Å². The fourth-order valence-corrected chi connectivity index (χ4v) is 1.54. The molecule has 1 N–H and O–H groups in total. The van der Waals surface area contributed by atoms with Crippen LogP contribution in [-0.2, 0) is 4.74 Å². The minimum atomic E-state index is 0.00894. The number of rotatable bonds is 6. The van der Waals surface area contributed by atoms with Crippen LogP contribution in [0.5, 0.6) is 0 Å². The SMILES string of the molecule is CCOCCN(C)C(=O)c1ccccc1NC. The fourth-order valence-electron chi connectivity index (χ4n) is 1.54. The molecule has 94 valence electrons. The maximum absolute atomic E-state index is 12.1. The Balaban J connectivity index is 2.67. The zero-order valence-corrected chi connectivity index (χ0v) is 10.7. The van der Waals surface area contributed by atoms with Gasteiger partial charge in [-0.2, -0.15) is 0 Å². The molecule has 0 aliphatic heterocycles. The van der Waals surface area contributed by atoms with Gasteiger partial charge in [0.15, 0.2) is 0 Å². The molecule has 1 rings (SSSR count). The molecular formula is C13H20N2O2. The van der Waals surface area contributed by atoms with Gasteiger partial charge in [-0.15, -0.1) is 0 Å². The van der Waals surface area contributed by atoms with Gasteiger partial charge in [0.2, 0.25) is 0 Å². The van der Waals surface area contributed by atoms with Crippen LogP contribution in [0.2, 0.25) is 0 Å². The Hall–Kier alpha value is -1.55. The lowest BCUT2D eigenvalue weighted by Crippen LogP contribution is -2.30. The number of hydrogen-bond acceptors (Lipinski definition) is 3. The van der Waals surface area contributed by atoms with Gasteiger partial charge in [-0.05, 0) is 19.1 Å². The molecule has 0 aromatic heterocycles. The molecule has 0 saturated heterocycles. The standard InChI is InChI=1S/C13H20N2O2/c1-4-17-10-9-15(3)13(16)11-7-5-6-8-12(11)14-2/h5-8,14H,4,9-10H2,1-3H3. The molecule has 0 saturated carbocycles. The second kappa shape index (κ2) is 6.91. The molecule has 0 heterocycles. The van der Waals surface area contributed by atoms with Crippen molar-refractivity contribution in [3.63, 3.8) is 0 Å². The Morgan fingerprint density at radius 2 is 2.12 bits per heavy atom. The van der Waals surface area contributed by atoms with Gasteiger partial charge < -0.3 is 15.0 Å². The number of nitrogens with one attached hydrogen (secondary N) is 1. The van der Waals surface area contributed by atoms with E-state index in [1.54, 1.807) is 11.9 Å². The lowest BCUT2D eigenvalue weighted by molar-refractivity contribution is 0.0711. The van der Waals surface area contributed by atoms with Crippen molar-refractivity contribution in [2.45, 2.75) is 6.92 Å². The number of hydrogen-bond donors (Lipinski definition) is 1. The summed E-state index contributed by atoms with van der Waals surface area (Å²) < 4.78 is 5.24. The summed E-state index contributed by atoms with van der Waals surface area (Å²) in [5.41, 5.74) is 1.54. The molecule has 1 aromatic rings. The number of anilines is 1. The first-order valence-corrected chi connectivity index (χ1v) is 5.80. The lowest BCUT2D eigenvalue weighted by atomic mass is 10.1. The van der Waals surface area contributed by atoms with Crippen molar-refractivity contribution >= 4 is 11.6 Å². The number of amides is 1. The number of carbonyl (C=O) groups excluding carboxylic acids is 1. The summed E-state index contributed by atoms with van der Waals surface area (Å²) in [6, 6.07) is 7.49. The summed E-state index contributed by atoms with van der Waals surface area (Å²) in [4.78, 5) is 13.8. The summed E-state index contributed by atoms with van der Waals surface area (Å²) in [7, 11) is 3.60. The topological polar surface area (TPSA) is 41.6 Å². The van der Waals surface area contributed by atoms with Crippen molar-refractivity contribution in [2.75, 3.05) is 39.2 Å². The third kappa shape index (κ3) is 3.75. The number of ether oxygens (including phenoxy) is 1. The van der Waals surface area contributed by atoms with Crippen molar-refractivity contribution in [3.05, 3.63) is 29.8 Å². The molecule has 4 nitrogen and oxygen atoms in total. The van der Waals surface area contributed by atoms with Crippen LogP contribution >= 0.6 is 0 Å². The van der Waals surface area contributed by atoms with Gasteiger partial charge in [0, 0.05) is 32.9 Å². The number of carbonyl (C=O) groups is 1. The average Bonchev–Trinajstić information content (AvgIpc) is 2.38. The summed E-state index contributed by atoms with van der Waals surface area (Å²) in [5, 5.41) is 3.02. The number of benzene rings is 1. The summed E-state index contributed by atoms with van der Waals surface area (Å²) in [6.07, 6.45) is 0. The van der Waals surface area contributed by atoms with E-state index in [-0.39, 0.29) is 5.91 Å². The maximum atomic E-state index is 12.1. The second-order valence-corrected chi connectivity index (χ2v) is 3.72. The van der Waals surface area contributed by atoms with E-state index < -0.39 is 0 Å². The van der Waals surface area contributed by atoms with Gasteiger partial charge in [-0.3, -0.25) is 4.79 Å². The van der Waals surface area contributed by atoms with Crippen LogP contribution in [0.3, 0.4) is 0 Å². The summed E-state index contributed by atoms with van der Waals surface area (Å²) in [5.74, 6) is 0.00894.